The van der Waals surface area contributed by atoms with Gasteiger partial charge in [-0.15, -0.1) is 0 Å². The summed E-state index contributed by atoms with van der Waals surface area (Å²) in [6.45, 7) is 5.59. The number of aryl methyl sites for hydroxylation is 1. The molecule has 1 N–H and O–H groups in total. The van der Waals surface area contributed by atoms with Crippen LogP contribution in [0.1, 0.15) is 31.1 Å². The van der Waals surface area contributed by atoms with Gasteiger partial charge in [-0.1, -0.05) is 12.2 Å². The third kappa shape index (κ3) is 1.80. The van der Waals surface area contributed by atoms with E-state index in [2.05, 4.69) is 4.98 Å². The number of imidazole rings is 1. The van der Waals surface area contributed by atoms with E-state index >= 15 is 0 Å². The van der Waals surface area contributed by atoms with Crippen LogP contribution in [0.2, 0.25) is 0 Å². The number of aromatic nitrogens is 2. The largest absolute Gasteiger partial charge is 0.427 e. The summed E-state index contributed by atoms with van der Waals surface area (Å²) in [5, 5.41) is 9.55. The second-order valence-corrected chi connectivity index (χ2v) is 2.74. The van der Waals surface area contributed by atoms with Crippen LogP contribution in [0.15, 0.2) is 12.2 Å². The van der Waals surface area contributed by atoms with E-state index in [1.807, 2.05) is 38.2 Å². The lowest BCUT2D eigenvalue weighted by molar-refractivity contribution is 0.177. The fourth-order valence-electron chi connectivity index (χ4n) is 1.16. The van der Waals surface area contributed by atoms with Crippen molar-refractivity contribution >= 4 is 12.2 Å². The molecule has 0 saturated carbocycles. The average Bonchev–Trinajstić information content (AvgIpc) is 2.34. The van der Waals surface area contributed by atoms with Crippen molar-refractivity contribution < 1.29 is 5.21 Å². The van der Waals surface area contributed by atoms with E-state index in [1.165, 1.54) is 0 Å². The molecule has 0 atom stereocenters. The van der Waals surface area contributed by atoms with Crippen molar-refractivity contribution in [2.24, 2.45) is 0 Å². The van der Waals surface area contributed by atoms with Crippen LogP contribution >= 0.6 is 0 Å². The second kappa shape index (κ2) is 3.94. The smallest absolute Gasteiger partial charge is 0.142 e. The Bertz CT molecular complexity index is 348. The molecule has 0 aliphatic rings. The molecule has 13 heavy (non-hydrogen) atoms. The first kappa shape index (κ1) is 9.58. The minimum absolute atomic E-state index is 0.598. The Morgan fingerprint density at radius 1 is 1.23 bits per heavy atom. The predicted octanol–water partition coefficient (Wildman–Crippen LogP) is 2.50. The highest BCUT2D eigenvalue weighted by molar-refractivity contribution is 5.60. The number of hydrogen-bond donors (Lipinski definition) is 1. The zero-order valence-corrected chi connectivity index (χ0v) is 8.15. The molecule has 3 heteroatoms. The Morgan fingerprint density at radius 3 is 2.38 bits per heavy atom. The van der Waals surface area contributed by atoms with Gasteiger partial charge in [-0.25, -0.2) is 4.98 Å². The summed E-state index contributed by atoms with van der Waals surface area (Å²) >= 11 is 0. The van der Waals surface area contributed by atoms with Crippen LogP contribution in [0.25, 0.3) is 12.2 Å². The van der Waals surface area contributed by atoms with Crippen molar-refractivity contribution in [1.82, 2.24) is 9.71 Å². The van der Waals surface area contributed by atoms with E-state index in [1.54, 1.807) is 6.92 Å². The number of nitrogens with zero attached hydrogens (tertiary/aromatic N) is 2. The Labute approximate surface area is 78.0 Å². The highest BCUT2D eigenvalue weighted by Gasteiger charge is 2.07. The number of hydrogen-bond acceptors (Lipinski definition) is 2. The fourth-order valence-corrected chi connectivity index (χ4v) is 1.16. The van der Waals surface area contributed by atoms with Crippen molar-refractivity contribution in [2.75, 3.05) is 0 Å². The minimum atomic E-state index is 0.598. The van der Waals surface area contributed by atoms with Gasteiger partial charge < -0.3 is 5.21 Å². The van der Waals surface area contributed by atoms with Gasteiger partial charge in [0.15, 0.2) is 0 Å². The molecular weight excluding hydrogens is 164 g/mol. The van der Waals surface area contributed by atoms with Crippen LogP contribution < -0.4 is 0 Å². The van der Waals surface area contributed by atoms with Crippen molar-refractivity contribution in [1.29, 1.82) is 0 Å². The minimum Gasteiger partial charge on any atom is -0.427 e. The summed E-state index contributed by atoms with van der Waals surface area (Å²) in [6.07, 6.45) is 7.47. The average molecular weight is 178 g/mol. The van der Waals surface area contributed by atoms with Crippen LogP contribution in [-0.2, 0) is 0 Å². The van der Waals surface area contributed by atoms with Crippen LogP contribution in [0, 0.1) is 6.92 Å². The van der Waals surface area contributed by atoms with Crippen molar-refractivity contribution in [3.05, 3.63) is 29.4 Å². The molecule has 70 valence electrons. The van der Waals surface area contributed by atoms with E-state index in [9.17, 15) is 5.21 Å². The molecule has 0 unspecified atom stereocenters. The first-order valence-electron chi connectivity index (χ1n) is 4.24. The van der Waals surface area contributed by atoms with Crippen molar-refractivity contribution in [2.45, 2.75) is 20.8 Å². The Balaban J connectivity index is 3.26. The van der Waals surface area contributed by atoms with Crippen LogP contribution in [-0.4, -0.2) is 14.9 Å². The maximum Gasteiger partial charge on any atom is 0.142 e. The lowest BCUT2D eigenvalue weighted by Gasteiger charge is -1.95. The number of allylic oxidation sites excluding steroid dienone is 2. The molecule has 0 spiro atoms. The lowest BCUT2D eigenvalue weighted by atomic mass is 10.3. The summed E-state index contributed by atoms with van der Waals surface area (Å²) in [6, 6.07) is 0. The van der Waals surface area contributed by atoms with Crippen LogP contribution in [0.5, 0.6) is 0 Å². The Hall–Kier alpha value is -1.51. The Morgan fingerprint density at radius 2 is 1.85 bits per heavy atom. The van der Waals surface area contributed by atoms with Gasteiger partial charge in [0.1, 0.15) is 11.5 Å². The van der Waals surface area contributed by atoms with E-state index in [4.69, 9.17) is 0 Å². The monoisotopic (exact) mass is 178 g/mol. The fraction of sp³-hybridized carbons (Fsp3) is 0.300. The van der Waals surface area contributed by atoms with Gasteiger partial charge in [0.2, 0.25) is 0 Å². The van der Waals surface area contributed by atoms with Crippen LogP contribution in [0.3, 0.4) is 0 Å². The molecule has 0 radical (unpaired) electrons. The maximum atomic E-state index is 9.55. The van der Waals surface area contributed by atoms with Gasteiger partial charge in [-0.3, -0.25) is 0 Å². The summed E-state index contributed by atoms with van der Waals surface area (Å²) in [7, 11) is 0. The zero-order valence-electron chi connectivity index (χ0n) is 8.15. The van der Waals surface area contributed by atoms with E-state index in [0.29, 0.717) is 5.82 Å². The van der Waals surface area contributed by atoms with Gasteiger partial charge in [0.25, 0.3) is 0 Å². The standard InChI is InChI=1S/C10H14N2O/c1-4-6-9-10(7-5-2)12(13)8(3)11-9/h4-7,13H,1-3H3/b6-4-,7-5-. The summed E-state index contributed by atoms with van der Waals surface area (Å²) in [5.41, 5.74) is 1.51. The van der Waals surface area contributed by atoms with Gasteiger partial charge in [0.05, 0.1) is 5.69 Å². The third-order valence-corrected chi connectivity index (χ3v) is 1.73. The zero-order chi connectivity index (χ0) is 9.84. The molecule has 1 rings (SSSR count). The molecule has 0 bridgehead atoms. The molecule has 0 aliphatic heterocycles. The lowest BCUT2D eigenvalue weighted by Crippen LogP contribution is -1.95. The van der Waals surface area contributed by atoms with Crippen LogP contribution in [0.4, 0.5) is 0 Å². The molecular formula is C10H14N2O. The number of rotatable bonds is 2. The van der Waals surface area contributed by atoms with Gasteiger partial charge in [-0.05, 0) is 32.9 Å². The molecule has 0 saturated heterocycles. The molecule has 0 amide bonds. The van der Waals surface area contributed by atoms with Gasteiger partial charge in [-0.2, -0.15) is 4.73 Å². The Kier molecular flexibility index (Phi) is 2.90. The van der Waals surface area contributed by atoms with E-state index < -0.39 is 0 Å². The molecule has 0 aliphatic carbocycles. The van der Waals surface area contributed by atoms with E-state index in [0.717, 1.165) is 16.1 Å². The highest BCUT2D eigenvalue weighted by Crippen LogP contribution is 2.13. The van der Waals surface area contributed by atoms with E-state index in [-0.39, 0.29) is 0 Å². The molecule has 1 aromatic rings. The first-order valence-corrected chi connectivity index (χ1v) is 4.24. The SMILES string of the molecule is C/C=C\c1nc(C)n(O)c1/C=C\C. The molecule has 0 aromatic carbocycles. The van der Waals surface area contributed by atoms with Gasteiger partial charge in [0, 0.05) is 0 Å². The summed E-state index contributed by atoms with van der Waals surface area (Å²) < 4.78 is 1.09. The molecule has 3 nitrogen and oxygen atoms in total. The summed E-state index contributed by atoms with van der Waals surface area (Å²) in [4.78, 5) is 4.19. The quantitative estimate of drug-likeness (QED) is 0.706. The van der Waals surface area contributed by atoms with Crippen molar-refractivity contribution in [3.8, 4) is 0 Å². The van der Waals surface area contributed by atoms with Gasteiger partial charge >= 0.3 is 0 Å². The topological polar surface area (TPSA) is 38.0 Å². The molecule has 1 heterocycles. The normalized spacial score (nSPS) is 11.9. The van der Waals surface area contributed by atoms with Crippen molar-refractivity contribution in [3.63, 3.8) is 0 Å². The second-order valence-electron chi connectivity index (χ2n) is 2.74. The highest BCUT2D eigenvalue weighted by atomic mass is 16.5. The first-order chi connectivity index (χ1) is 6.20. The summed E-state index contributed by atoms with van der Waals surface area (Å²) in [5.74, 6) is 0.598. The molecule has 1 aromatic heterocycles. The maximum absolute atomic E-state index is 9.55. The predicted molar refractivity (Wildman–Crippen MR) is 53.6 cm³/mol. The third-order valence-electron chi connectivity index (χ3n) is 1.73. The molecule has 0 fully saturated rings.